The van der Waals surface area contributed by atoms with Gasteiger partial charge in [0.05, 0.1) is 4.90 Å². The van der Waals surface area contributed by atoms with E-state index >= 15 is 0 Å². The van der Waals surface area contributed by atoms with E-state index in [1.54, 1.807) is 13.0 Å². The van der Waals surface area contributed by atoms with Gasteiger partial charge in [0.1, 0.15) is 0 Å². The van der Waals surface area contributed by atoms with Crippen LogP contribution in [0, 0.1) is 12.3 Å². The summed E-state index contributed by atoms with van der Waals surface area (Å²) < 4.78 is 27.5. The Hall–Kier alpha value is -0.620. The lowest BCUT2D eigenvalue weighted by atomic mass is 9.91. The van der Waals surface area contributed by atoms with Crippen LogP contribution >= 0.6 is 11.6 Å². The first kappa shape index (κ1) is 17.4. The summed E-state index contributed by atoms with van der Waals surface area (Å²) in [6, 6.07) is 3.17. The predicted molar refractivity (Wildman–Crippen MR) is 83.3 cm³/mol. The molecule has 0 bridgehead atoms. The maximum Gasteiger partial charge on any atom is 0.240 e. The Morgan fingerprint density at radius 1 is 1.35 bits per heavy atom. The number of sulfonamides is 1. The highest BCUT2D eigenvalue weighted by Crippen LogP contribution is 2.25. The lowest BCUT2D eigenvalue weighted by molar-refractivity contribution is 0.350. The van der Waals surface area contributed by atoms with Gasteiger partial charge >= 0.3 is 0 Å². The zero-order valence-electron chi connectivity index (χ0n) is 12.5. The number of halogens is 1. The number of nitrogens with one attached hydrogen (secondary N) is 1. The van der Waals surface area contributed by atoms with Gasteiger partial charge in [0.15, 0.2) is 0 Å². The van der Waals surface area contributed by atoms with E-state index in [1.807, 2.05) is 20.8 Å². The molecular weight excluding hydrogens is 296 g/mol. The van der Waals surface area contributed by atoms with Crippen LogP contribution in [0.5, 0.6) is 0 Å². The van der Waals surface area contributed by atoms with Crippen LogP contribution in [0.4, 0.5) is 0 Å². The summed E-state index contributed by atoms with van der Waals surface area (Å²) in [7, 11) is -3.58. The molecule has 0 aliphatic carbocycles. The van der Waals surface area contributed by atoms with Crippen LogP contribution in [0.2, 0.25) is 5.02 Å². The van der Waals surface area contributed by atoms with Gasteiger partial charge in [-0.15, -0.1) is 0 Å². The highest BCUT2D eigenvalue weighted by atomic mass is 35.5. The van der Waals surface area contributed by atoms with Crippen LogP contribution in [0.25, 0.3) is 0 Å². The van der Waals surface area contributed by atoms with Gasteiger partial charge < -0.3 is 5.73 Å². The zero-order valence-corrected chi connectivity index (χ0v) is 14.0. The maximum absolute atomic E-state index is 12.4. The Bertz CT molecular complexity index is 583. The van der Waals surface area contributed by atoms with Gasteiger partial charge in [-0.3, -0.25) is 0 Å². The van der Waals surface area contributed by atoms with Gasteiger partial charge in [-0.05, 0) is 42.0 Å². The van der Waals surface area contributed by atoms with E-state index in [0.717, 1.165) is 12.0 Å². The highest BCUT2D eigenvalue weighted by Gasteiger charge is 2.23. The fraction of sp³-hybridized carbons (Fsp3) is 0.571. The van der Waals surface area contributed by atoms with Crippen molar-refractivity contribution in [1.82, 2.24) is 4.72 Å². The summed E-state index contributed by atoms with van der Waals surface area (Å²) in [6.45, 7) is 8.46. The molecule has 0 saturated carbocycles. The highest BCUT2D eigenvalue weighted by molar-refractivity contribution is 7.89. The molecule has 0 fully saturated rings. The molecule has 1 rings (SSSR count). The molecule has 0 amide bonds. The molecule has 0 unspecified atom stereocenters. The van der Waals surface area contributed by atoms with Crippen molar-refractivity contribution in [3.05, 3.63) is 28.3 Å². The largest absolute Gasteiger partial charge is 0.326 e. The van der Waals surface area contributed by atoms with Crippen LogP contribution in [0.1, 0.15) is 38.3 Å². The van der Waals surface area contributed by atoms with Crippen molar-refractivity contribution >= 4 is 21.6 Å². The molecule has 4 nitrogen and oxygen atoms in total. The summed E-state index contributed by atoms with van der Waals surface area (Å²) in [6.07, 6.45) is 0.887. The molecule has 1 aromatic carbocycles. The third-order valence-electron chi connectivity index (χ3n) is 3.64. The van der Waals surface area contributed by atoms with Crippen molar-refractivity contribution in [3.8, 4) is 0 Å². The van der Waals surface area contributed by atoms with Gasteiger partial charge in [0.2, 0.25) is 10.0 Å². The molecule has 20 heavy (non-hydrogen) atoms. The topological polar surface area (TPSA) is 72.2 Å². The van der Waals surface area contributed by atoms with Gasteiger partial charge in [0.25, 0.3) is 0 Å². The number of hydrogen-bond acceptors (Lipinski definition) is 3. The Labute approximate surface area is 126 Å². The van der Waals surface area contributed by atoms with Crippen LogP contribution in [0.3, 0.4) is 0 Å². The molecular formula is C14H23ClN2O2S. The standard InChI is InChI=1S/C14H23ClN2O2S/c1-5-14(3,4)9-17-20(18,19)13-7-12(15)6-11(8-16)10(13)2/h6-7,17H,5,8-9,16H2,1-4H3. The summed E-state index contributed by atoms with van der Waals surface area (Å²) in [5.41, 5.74) is 6.93. The van der Waals surface area contributed by atoms with E-state index < -0.39 is 10.0 Å². The van der Waals surface area contributed by atoms with E-state index in [4.69, 9.17) is 17.3 Å². The van der Waals surface area contributed by atoms with Crippen LogP contribution < -0.4 is 10.5 Å². The van der Waals surface area contributed by atoms with E-state index in [0.29, 0.717) is 17.1 Å². The number of hydrogen-bond donors (Lipinski definition) is 2. The molecule has 0 spiro atoms. The summed E-state index contributed by atoms with van der Waals surface area (Å²) in [5.74, 6) is 0. The normalized spacial score (nSPS) is 12.7. The van der Waals surface area contributed by atoms with E-state index in [9.17, 15) is 8.42 Å². The van der Waals surface area contributed by atoms with Gasteiger partial charge in [-0.2, -0.15) is 0 Å². The van der Waals surface area contributed by atoms with Crippen molar-refractivity contribution in [2.45, 2.75) is 45.6 Å². The van der Waals surface area contributed by atoms with Crippen molar-refractivity contribution in [3.63, 3.8) is 0 Å². The molecule has 0 aromatic heterocycles. The second kappa shape index (κ2) is 6.43. The quantitative estimate of drug-likeness (QED) is 0.847. The molecule has 6 heteroatoms. The molecule has 0 radical (unpaired) electrons. The van der Waals surface area contributed by atoms with Gasteiger partial charge in [-0.1, -0.05) is 32.4 Å². The molecule has 0 saturated heterocycles. The van der Waals surface area contributed by atoms with Crippen LogP contribution in [-0.4, -0.2) is 15.0 Å². The minimum absolute atomic E-state index is 0.0871. The monoisotopic (exact) mass is 318 g/mol. The van der Waals surface area contributed by atoms with Gasteiger partial charge in [0, 0.05) is 18.1 Å². The predicted octanol–water partition coefficient (Wildman–Crippen LogP) is 2.82. The molecule has 0 aliphatic rings. The molecule has 3 N–H and O–H groups in total. The van der Waals surface area contributed by atoms with Crippen molar-refractivity contribution in [2.75, 3.05) is 6.54 Å². The lowest BCUT2D eigenvalue weighted by Gasteiger charge is -2.23. The average Bonchev–Trinajstić information content (AvgIpc) is 2.39. The van der Waals surface area contributed by atoms with Crippen LogP contribution in [-0.2, 0) is 16.6 Å². The SMILES string of the molecule is CCC(C)(C)CNS(=O)(=O)c1cc(Cl)cc(CN)c1C. The summed E-state index contributed by atoms with van der Waals surface area (Å²) >= 11 is 5.98. The Kier molecular flexibility index (Phi) is 5.61. The first-order valence-corrected chi connectivity index (χ1v) is 8.48. The Balaban J connectivity index is 3.13. The fourth-order valence-electron chi connectivity index (χ4n) is 1.69. The van der Waals surface area contributed by atoms with E-state index in [1.165, 1.54) is 6.07 Å². The summed E-state index contributed by atoms with van der Waals surface area (Å²) in [5, 5.41) is 0.381. The minimum Gasteiger partial charge on any atom is -0.326 e. The molecule has 1 aromatic rings. The average molecular weight is 319 g/mol. The second-order valence-electron chi connectivity index (χ2n) is 5.73. The third kappa shape index (κ3) is 4.19. The summed E-state index contributed by atoms with van der Waals surface area (Å²) in [4.78, 5) is 0.206. The van der Waals surface area contributed by atoms with E-state index in [-0.39, 0.29) is 16.9 Å². The maximum atomic E-state index is 12.4. The zero-order chi connectivity index (χ0) is 15.6. The molecule has 114 valence electrons. The molecule has 0 atom stereocenters. The first-order valence-electron chi connectivity index (χ1n) is 6.61. The Morgan fingerprint density at radius 3 is 2.45 bits per heavy atom. The van der Waals surface area contributed by atoms with Gasteiger partial charge in [-0.25, -0.2) is 13.1 Å². The Morgan fingerprint density at radius 2 is 1.95 bits per heavy atom. The number of benzene rings is 1. The smallest absolute Gasteiger partial charge is 0.240 e. The molecule has 0 heterocycles. The van der Waals surface area contributed by atoms with Crippen LogP contribution in [0.15, 0.2) is 17.0 Å². The minimum atomic E-state index is -3.58. The number of rotatable bonds is 6. The third-order valence-corrected chi connectivity index (χ3v) is 5.39. The van der Waals surface area contributed by atoms with E-state index in [2.05, 4.69) is 4.72 Å². The second-order valence-corrected chi connectivity index (χ2v) is 7.91. The van der Waals surface area contributed by atoms with Crippen molar-refractivity contribution < 1.29 is 8.42 Å². The fourth-order valence-corrected chi connectivity index (χ4v) is 3.55. The lowest BCUT2D eigenvalue weighted by Crippen LogP contribution is -2.34. The molecule has 0 aliphatic heterocycles. The number of nitrogens with two attached hydrogens (primary N) is 1. The van der Waals surface area contributed by atoms with Crippen molar-refractivity contribution in [2.24, 2.45) is 11.1 Å². The first-order chi connectivity index (χ1) is 9.13. The van der Waals surface area contributed by atoms with Crippen molar-refractivity contribution in [1.29, 1.82) is 0 Å².